The molecule has 2 aromatic carbocycles. The van der Waals surface area contributed by atoms with Gasteiger partial charge in [-0.15, -0.1) is 5.10 Å². The molecule has 2 aliphatic rings. The van der Waals surface area contributed by atoms with E-state index in [2.05, 4.69) is 55.7 Å². The largest absolute Gasteiger partial charge is 0.342 e. The number of likely N-dealkylation sites (tertiary alicyclic amines) is 2. The molecule has 0 bridgehead atoms. The van der Waals surface area contributed by atoms with Crippen molar-refractivity contribution in [1.82, 2.24) is 30.0 Å². The fraction of sp³-hybridized carbons (Fsp3) is 0.364. The third-order valence-electron chi connectivity index (χ3n) is 6.07. The summed E-state index contributed by atoms with van der Waals surface area (Å²) in [4.78, 5) is 17.4. The van der Waals surface area contributed by atoms with E-state index in [0.29, 0.717) is 18.3 Å². The maximum atomic E-state index is 12.8. The van der Waals surface area contributed by atoms with Gasteiger partial charge in [0, 0.05) is 32.7 Å². The van der Waals surface area contributed by atoms with Crippen LogP contribution in [0.15, 0.2) is 60.9 Å². The van der Waals surface area contributed by atoms with Crippen LogP contribution >= 0.6 is 0 Å². The Balaban J connectivity index is 1.14. The number of rotatable bonds is 5. The minimum Gasteiger partial charge on any atom is -0.342 e. The molecular formula is C22H24N6O. The van der Waals surface area contributed by atoms with Crippen LogP contribution in [0.3, 0.4) is 0 Å². The smallest absolute Gasteiger partial charge is 0.227 e. The molecule has 2 saturated heterocycles. The average molecular weight is 388 g/mol. The normalized spacial score (nSPS) is 21.4. The molecule has 2 fully saturated rings. The first-order chi connectivity index (χ1) is 14.2. The molecule has 148 valence electrons. The third-order valence-corrected chi connectivity index (χ3v) is 6.07. The Morgan fingerprint density at radius 1 is 0.897 bits per heavy atom. The van der Waals surface area contributed by atoms with E-state index in [9.17, 15) is 4.79 Å². The molecule has 0 radical (unpaired) electrons. The van der Waals surface area contributed by atoms with Crippen molar-refractivity contribution in [3.05, 3.63) is 72.1 Å². The SMILES string of the molecule is O=C(Cc1ccc(-n2cnnn2)cc1)N1C[C@H]2CN(Cc3ccccc3)C[C@H]2C1. The van der Waals surface area contributed by atoms with E-state index >= 15 is 0 Å². The van der Waals surface area contributed by atoms with Gasteiger partial charge in [-0.25, -0.2) is 4.68 Å². The molecule has 5 rings (SSSR count). The number of fused-ring (bicyclic) bond motifs is 1. The van der Waals surface area contributed by atoms with E-state index in [1.807, 2.05) is 24.3 Å². The van der Waals surface area contributed by atoms with Crippen LogP contribution in [0.5, 0.6) is 0 Å². The number of aromatic nitrogens is 4. The van der Waals surface area contributed by atoms with Crippen molar-refractivity contribution in [3.63, 3.8) is 0 Å². The summed E-state index contributed by atoms with van der Waals surface area (Å²) in [7, 11) is 0. The number of tetrazole rings is 1. The summed E-state index contributed by atoms with van der Waals surface area (Å²) in [5.41, 5.74) is 3.28. The highest BCUT2D eigenvalue weighted by Crippen LogP contribution is 2.32. The molecular weight excluding hydrogens is 364 g/mol. The lowest BCUT2D eigenvalue weighted by Crippen LogP contribution is -2.34. The summed E-state index contributed by atoms with van der Waals surface area (Å²) in [6.45, 7) is 4.96. The minimum absolute atomic E-state index is 0.226. The highest BCUT2D eigenvalue weighted by molar-refractivity contribution is 5.79. The molecule has 2 atom stereocenters. The van der Waals surface area contributed by atoms with Crippen LogP contribution in [-0.2, 0) is 17.8 Å². The summed E-state index contributed by atoms with van der Waals surface area (Å²) >= 11 is 0. The summed E-state index contributed by atoms with van der Waals surface area (Å²) < 4.78 is 1.61. The molecule has 2 aliphatic heterocycles. The van der Waals surface area contributed by atoms with Gasteiger partial charge in [0.25, 0.3) is 0 Å². The van der Waals surface area contributed by atoms with Crippen LogP contribution < -0.4 is 0 Å². The molecule has 0 saturated carbocycles. The molecule has 29 heavy (non-hydrogen) atoms. The maximum absolute atomic E-state index is 12.8. The Morgan fingerprint density at radius 3 is 2.28 bits per heavy atom. The van der Waals surface area contributed by atoms with Gasteiger partial charge in [-0.05, 0) is 45.5 Å². The number of carbonyl (C=O) groups excluding carboxylic acids is 1. The standard InChI is InChI=1S/C22H24N6O/c29-22(10-17-6-8-21(9-7-17)28-16-23-24-25-28)27-14-19-12-26(13-20(19)15-27)11-18-4-2-1-3-5-18/h1-9,16,19-20H,10-15H2/t19-,20+. The van der Waals surface area contributed by atoms with Gasteiger partial charge in [0.1, 0.15) is 6.33 Å². The van der Waals surface area contributed by atoms with Gasteiger partial charge < -0.3 is 4.90 Å². The average Bonchev–Trinajstić information content (AvgIpc) is 3.46. The van der Waals surface area contributed by atoms with Gasteiger partial charge in [0.15, 0.2) is 0 Å². The highest BCUT2D eigenvalue weighted by atomic mass is 16.2. The number of benzene rings is 2. The molecule has 1 amide bonds. The Hall–Kier alpha value is -3.06. The lowest BCUT2D eigenvalue weighted by Gasteiger charge is -2.22. The van der Waals surface area contributed by atoms with Crippen LogP contribution in [0.1, 0.15) is 11.1 Å². The van der Waals surface area contributed by atoms with Crippen molar-refractivity contribution < 1.29 is 4.79 Å². The maximum Gasteiger partial charge on any atom is 0.227 e. The Labute approximate surface area is 169 Å². The second-order valence-corrected chi connectivity index (χ2v) is 8.10. The summed E-state index contributed by atoms with van der Waals surface area (Å²) in [5, 5.41) is 11.2. The predicted molar refractivity (Wildman–Crippen MR) is 108 cm³/mol. The molecule has 3 aromatic rings. The minimum atomic E-state index is 0.226. The topological polar surface area (TPSA) is 67.2 Å². The van der Waals surface area contributed by atoms with Crippen molar-refractivity contribution in [3.8, 4) is 5.69 Å². The van der Waals surface area contributed by atoms with Gasteiger partial charge in [-0.3, -0.25) is 9.69 Å². The second-order valence-electron chi connectivity index (χ2n) is 8.10. The van der Waals surface area contributed by atoms with Gasteiger partial charge >= 0.3 is 0 Å². The Bertz CT molecular complexity index is 943. The number of carbonyl (C=O) groups is 1. The zero-order valence-electron chi connectivity index (χ0n) is 16.3. The Morgan fingerprint density at radius 2 is 1.62 bits per heavy atom. The van der Waals surface area contributed by atoms with Crippen LogP contribution in [-0.4, -0.2) is 62.1 Å². The molecule has 1 aromatic heterocycles. The van der Waals surface area contributed by atoms with Gasteiger partial charge in [0.2, 0.25) is 5.91 Å². The summed E-state index contributed by atoms with van der Waals surface area (Å²) in [6.07, 6.45) is 2.01. The van der Waals surface area contributed by atoms with E-state index in [-0.39, 0.29) is 5.91 Å². The van der Waals surface area contributed by atoms with Crippen LogP contribution in [0.2, 0.25) is 0 Å². The monoisotopic (exact) mass is 388 g/mol. The molecule has 0 aliphatic carbocycles. The highest BCUT2D eigenvalue weighted by Gasteiger charge is 2.41. The molecule has 0 N–H and O–H groups in total. The number of hydrogen-bond acceptors (Lipinski definition) is 5. The first-order valence-corrected chi connectivity index (χ1v) is 10.1. The zero-order valence-corrected chi connectivity index (χ0v) is 16.3. The van der Waals surface area contributed by atoms with Crippen molar-refractivity contribution in [2.24, 2.45) is 11.8 Å². The summed E-state index contributed by atoms with van der Waals surface area (Å²) in [6, 6.07) is 18.5. The lowest BCUT2D eigenvalue weighted by atomic mass is 10.0. The summed E-state index contributed by atoms with van der Waals surface area (Å²) in [5.74, 6) is 1.43. The second kappa shape index (κ2) is 7.75. The predicted octanol–water partition coefficient (Wildman–Crippen LogP) is 1.80. The van der Waals surface area contributed by atoms with Crippen LogP contribution in [0, 0.1) is 11.8 Å². The number of nitrogens with zero attached hydrogens (tertiary/aromatic N) is 6. The van der Waals surface area contributed by atoms with E-state index in [1.54, 1.807) is 11.0 Å². The van der Waals surface area contributed by atoms with E-state index in [0.717, 1.165) is 44.0 Å². The molecule has 3 heterocycles. The third kappa shape index (κ3) is 3.91. The van der Waals surface area contributed by atoms with Crippen molar-refractivity contribution in [2.45, 2.75) is 13.0 Å². The molecule has 0 unspecified atom stereocenters. The zero-order chi connectivity index (χ0) is 19.6. The quantitative estimate of drug-likeness (QED) is 0.667. The fourth-order valence-electron chi connectivity index (χ4n) is 4.60. The van der Waals surface area contributed by atoms with Crippen LogP contribution in [0.25, 0.3) is 5.69 Å². The molecule has 0 spiro atoms. The number of hydrogen-bond donors (Lipinski definition) is 0. The Kier molecular flexibility index (Phi) is 4.81. The number of amides is 1. The first-order valence-electron chi connectivity index (χ1n) is 10.1. The molecule has 7 heteroatoms. The van der Waals surface area contributed by atoms with Crippen molar-refractivity contribution >= 4 is 5.91 Å². The van der Waals surface area contributed by atoms with E-state index in [1.165, 1.54) is 5.56 Å². The molecule has 7 nitrogen and oxygen atoms in total. The van der Waals surface area contributed by atoms with E-state index in [4.69, 9.17) is 0 Å². The van der Waals surface area contributed by atoms with Crippen molar-refractivity contribution in [2.75, 3.05) is 26.2 Å². The van der Waals surface area contributed by atoms with Crippen molar-refractivity contribution in [1.29, 1.82) is 0 Å². The van der Waals surface area contributed by atoms with Gasteiger partial charge in [-0.2, -0.15) is 0 Å². The van der Waals surface area contributed by atoms with Gasteiger partial charge in [0.05, 0.1) is 12.1 Å². The lowest BCUT2D eigenvalue weighted by molar-refractivity contribution is -0.129. The first kappa shape index (κ1) is 18.0. The van der Waals surface area contributed by atoms with Gasteiger partial charge in [-0.1, -0.05) is 42.5 Å². The fourth-order valence-corrected chi connectivity index (χ4v) is 4.60. The van der Waals surface area contributed by atoms with Crippen LogP contribution in [0.4, 0.5) is 0 Å². The van der Waals surface area contributed by atoms with E-state index < -0.39 is 0 Å².